The molecule has 7 nitrogen and oxygen atoms in total. The molecule has 0 spiro atoms. The standard InChI is InChI=1S/C22H28N6O/c1-4-10-24-21-20(22(29)26(2)3)19(9-11-25-21)28-14-12-27(13-15-28)18-8-6-5-7-17(18)16-23/h5-9,11H,4,10,12-15H2,1-3H3,(H,24,25). The first-order chi connectivity index (χ1) is 14.1. The van der Waals surface area contributed by atoms with Crippen molar-refractivity contribution in [3.63, 3.8) is 0 Å². The highest BCUT2D eigenvalue weighted by atomic mass is 16.2. The second-order valence-corrected chi connectivity index (χ2v) is 7.28. The Morgan fingerprint density at radius 1 is 1.14 bits per heavy atom. The average Bonchev–Trinajstić information content (AvgIpc) is 2.76. The molecule has 2 aromatic rings. The van der Waals surface area contributed by atoms with Crippen LogP contribution in [0, 0.1) is 11.3 Å². The number of pyridine rings is 1. The second kappa shape index (κ2) is 9.28. The van der Waals surface area contributed by atoms with Gasteiger partial charge in [-0.15, -0.1) is 0 Å². The van der Waals surface area contributed by atoms with Crippen LogP contribution in [0.2, 0.25) is 0 Å². The van der Waals surface area contributed by atoms with Crippen LogP contribution in [0.3, 0.4) is 0 Å². The van der Waals surface area contributed by atoms with Crippen LogP contribution in [0.4, 0.5) is 17.2 Å². The predicted octanol–water partition coefficient (Wildman–Crippen LogP) is 2.80. The highest BCUT2D eigenvalue weighted by Gasteiger charge is 2.26. The zero-order valence-electron chi connectivity index (χ0n) is 17.4. The van der Waals surface area contributed by atoms with Gasteiger partial charge in [0.1, 0.15) is 17.5 Å². The quantitative estimate of drug-likeness (QED) is 0.815. The molecule has 1 saturated heterocycles. The lowest BCUT2D eigenvalue weighted by atomic mass is 10.1. The fourth-order valence-corrected chi connectivity index (χ4v) is 3.56. The molecule has 7 heteroatoms. The Morgan fingerprint density at radius 2 is 1.79 bits per heavy atom. The first-order valence-corrected chi connectivity index (χ1v) is 10.00. The molecule has 1 aliphatic rings. The van der Waals surface area contributed by atoms with E-state index in [9.17, 15) is 10.1 Å². The molecule has 1 aliphatic heterocycles. The maximum Gasteiger partial charge on any atom is 0.259 e. The minimum Gasteiger partial charge on any atom is -0.369 e. The number of benzene rings is 1. The minimum atomic E-state index is -0.0519. The molecule has 29 heavy (non-hydrogen) atoms. The fraction of sp³-hybridized carbons (Fsp3) is 0.409. The van der Waals surface area contributed by atoms with Crippen molar-refractivity contribution >= 4 is 23.1 Å². The summed E-state index contributed by atoms with van der Waals surface area (Å²) >= 11 is 0. The van der Waals surface area contributed by atoms with Crippen LogP contribution in [0.25, 0.3) is 0 Å². The summed E-state index contributed by atoms with van der Waals surface area (Å²) < 4.78 is 0. The third-order valence-corrected chi connectivity index (χ3v) is 5.08. The number of nitriles is 1. The lowest BCUT2D eigenvalue weighted by molar-refractivity contribution is 0.0828. The maximum atomic E-state index is 12.9. The number of para-hydroxylation sites is 1. The van der Waals surface area contributed by atoms with Gasteiger partial charge in [0, 0.05) is 53.0 Å². The Balaban J connectivity index is 1.85. The number of hydrogen-bond donors (Lipinski definition) is 1. The first-order valence-electron chi connectivity index (χ1n) is 10.00. The van der Waals surface area contributed by atoms with E-state index in [0.717, 1.165) is 50.5 Å². The van der Waals surface area contributed by atoms with Gasteiger partial charge in [0.25, 0.3) is 5.91 Å². The summed E-state index contributed by atoms with van der Waals surface area (Å²) in [6.45, 7) is 5.96. The van der Waals surface area contributed by atoms with Gasteiger partial charge in [-0.05, 0) is 24.6 Å². The second-order valence-electron chi connectivity index (χ2n) is 7.28. The zero-order valence-corrected chi connectivity index (χ0v) is 17.4. The van der Waals surface area contributed by atoms with Crippen molar-refractivity contribution < 1.29 is 4.79 Å². The predicted molar refractivity (Wildman–Crippen MR) is 117 cm³/mol. The first kappa shape index (κ1) is 20.5. The van der Waals surface area contributed by atoms with Crippen molar-refractivity contribution in [2.75, 3.05) is 61.9 Å². The van der Waals surface area contributed by atoms with E-state index >= 15 is 0 Å². The van der Waals surface area contributed by atoms with Crippen LogP contribution in [-0.2, 0) is 0 Å². The topological polar surface area (TPSA) is 75.5 Å². The van der Waals surface area contributed by atoms with Gasteiger partial charge in [0.2, 0.25) is 0 Å². The van der Waals surface area contributed by atoms with Gasteiger partial charge < -0.3 is 20.0 Å². The Hall–Kier alpha value is -3.27. The van der Waals surface area contributed by atoms with Crippen molar-refractivity contribution in [3.05, 3.63) is 47.7 Å². The summed E-state index contributed by atoms with van der Waals surface area (Å²) in [7, 11) is 3.53. The number of carbonyl (C=O) groups excluding carboxylic acids is 1. The van der Waals surface area contributed by atoms with Gasteiger partial charge in [-0.2, -0.15) is 5.26 Å². The van der Waals surface area contributed by atoms with E-state index in [2.05, 4.69) is 33.1 Å². The number of carbonyl (C=O) groups is 1. The molecular formula is C22H28N6O. The molecule has 1 amide bonds. The molecular weight excluding hydrogens is 364 g/mol. The molecule has 0 unspecified atom stereocenters. The molecule has 1 fully saturated rings. The highest BCUT2D eigenvalue weighted by Crippen LogP contribution is 2.29. The lowest BCUT2D eigenvalue weighted by Gasteiger charge is -2.38. The van der Waals surface area contributed by atoms with E-state index in [1.807, 2.05) is 30.3 Å². The van der Waals surface area contributed by atoms with Crippen molar-refractivity contribution in [2.24, 2.45) is 0 Å². The summed E-state index contributed by atoms with van der Waals surface area (Å²) in [5.41, 5.74) is 3.20. The lowest BCUT2D eigenvalue weighted by Crippen LogP contribution is -2.47. The molecule has 0 aliphatic carbocycles. The van der Waals surface area contributed by atoms with E-state index < -0.39 is 0 Å². The van der Waals surface area contributed by atoms with Crippen molar-refractivity contribution in [1.29, 1.82) is 5.26 Å². The third-order valence-electron chi connectivity index (χ3n) is 5.08. The molecule has 0 atom stereocenters. The third kappa shape index (κ3) is 4.43. The van der Waals surface area contributed by atoms with E-state index in [4.69, 9.17) is 0 Å². The molecule has 1 aromatic heterocycles. The Kier molecular flexibility index (Phi) is 6.55. The van der Waals surface area contributed by atoms with Gasteiger partial charge in [0.15, 0.2) is 0 Å². The number of nitrogens with zero attached hydrogens (tertiary/aromatic N) is 5. The number of nitrogens with one attached hydrogen (secondary N) is 1. The van der Waals surface area contributed by atoms with Gasteiger partial charge >= 0.3 is 0 Å². The van der Waals surface area contributed by atoms with E-state index in [1.54, 1.807) is 25.2 Å². The van der Waals surface area contributed by atoms with Gasteiger partial charge in [0.05, 0.1) is 16.9 Å². The minimum absolute atomic E-state index is 0.0519. The van der Waals surface area contributed by atoms with Gasteiger partial charge in [-0.25, -0.2) is 4.98 Å². The summed E-state index contributed by atoms with van der Waals surface area (Å²) in [6.07, 6.45) is 2.72. The van der Waals surface area contributed by atoms with Crippen LogP contribution in [-0.4, -0.2) is 62.6 Å². The van der Waals surface area contributed by atoms with E-state index in [1.165, 1.54) is 0 Å². The van der Waals surface area contributed by atoms with E-state index in [0.29, 0.717) is 16.9 Å². The number of hydrogen-bond acceptors (Lipinski definition) is 6. The molecule has 0 bridgehead atoms. The van der Waals surface area contributed by atoms with Crippen LogP contribution < -0.4 is 15.1 Å². The fourth-order valence-electron chi connectivity index (χ4n) is 3.56. The summed E-state index contributed by atoms with van der Waals surface area (Å²) in [5, 5.41) is 12.7. The number of piperazine rings is 1. The molecule has 2 heterocycles. The number of rotatable bonds is 6. The summed E-state index contributed by atoms with van der Waals surface area (Å²) in [5.74, 6) is 0.587. The van der Waals surface area contributed by atoms with Crippen LogP contribution in [0.1, 0.15) is 29.3 Å². The normalized spacial score (nSPS) is 13.7. The number of amides is 1. The van der Waals surface area contributed by atoms with Crippen LogP contribution in [0.5, 0.6) is 0 Å². The van der Waals surface area contributed by atoms with Crippen LogP contribution in [0.15, 0.2) is 36.5 Å². The molecule has 0 radical (unpaired) electrons. The largest absolute Gasteiger partial charge is 0.369 e. The van der Waals surface area contributed by atoms with Crippen molar-refractivity contribution in [3.8, 4) is 6.07 Å². The molecule has 3 rings (SSSR count). The average molecular weight is 393 g/mol. The van der Waals surface area contributed by atoms with E-state index in [-0.39, 0.29) is 5.91 Å². The molecule has 1 N–H and O–H groups in total. The monoisotopic (exact) mass is 392 g/mol. The van der Waals surface area contributed by atoms with Gasteiger partial charge in [-0.1, -0.05) is 19.1 Å². The zero-order chi connectivity index (χ0) is 20.8. The maximum absolute atomic E-state index is 12.9. The molecule has 0 saturated carbocycles. The number of anilines is 3. The Morgan fingerprint density at radius 3 is 2.41 bits per heavy atom. The van der Waals surface area contributed by atoms with Crippen molar-refractivity contribution in [2.45, 2.75) is 13.3 Å². The highest BCUT2D eigenvalue weighted by molar-refractivity contribution is 6.04. The molecule has 152 valence electrons. The summed E-state index contributed by atoms with van der Waals surface area (Å²) in [4.78, 5) is 23.4. The van der Waals surface area contributed by atoms with Gasteiger partial charge in [-0.3, -0.25) is 4.79 Å². The Bertz CT molecular complexity index is 896. The van der Waals surface area contributed by atoms with Crippen LogP contribution >= 0.6 is 0 Å². The molecule has 1 aromatic carbocycles. The summed E-state index contributed by atoms with van der Waals surface area (Å²) in [6, 6.07) is 11.9. The van der Waals surface area contributed by atoms with Crippen molar-refractivity contribution in [1.82, 2.24) is 9.88 Å². The smallest absolute Gasteiger partial charge is 0.259 e. The number of aromatic nitrogens is 1. The Labute approximate surface area is 172 Å². The SMILES string of the molecule is CCCNc1nccc(N2CCN(c3ccccc3C#N)CC2)c1C(=O)N(C)C.